The minimum absolute atomic E-state index is 0.0330. The summed E-state index contributed by atoms with van der Waals surface area (Å²) >= 11 is 0. The Morgan fingerprint density at radius 1 is 1.24 bits per heavy atom. The number of benzene rings is 1. The molecule has 5 rings (SSSR count). The molecular weight excluding hydrogens is 430 g/mol. The van der Waals surface area contributed by atoms with E-state index in [4.69, 9.17) is 9.47 Å². The standard InChI is InChI=1S/C24H26F2N4O3/c1-32-19-9-16(10-20(33-24(25)26)22(19)23(31)29-17-4-5-17)18-13-28-21-11-14(6-8-30(18)21)15-3-2-7-27-12-15/h6,8-11,13,15,17,24,27H,2-5,7,12H2,1H3,(H,29,31). The van der Waals surface area contributed by atoms with E-state index >= 15 is 0 Å². The lowest BCUT2D eigenvalue weighted by Gasteiger charge is -2.23. The molecule has 1 amide bonds. The summed E-state index contributed by atoms with van der Waals surface area (Å²) in [5.41, 5.74) is 3.20. The molecule has 1 aliphatic carbocycles. The minimum atomic E-state index is -3.08. The van der Waals surface area contributed by atoms with E-state index in [1.165, 1.54) is 18.7 Å². The number of nitrogens with zero attached hydrogens (tertiary/aromatic N) is 2. The third-order valence-electron chi connectivity index (χ3n) is 6.24. The van der Waals surface area contributed by atoms with Crippen LogP contribution >= 0.6 is 0 Å². The van der Waals surface area contributed by atoms with Gasteiger partial charge in [0.25, 0.3) is 5.91 Å². The zero-order valence-corrected chi connectivity index (χ0v) is 18.3. The van der Waals surface area contributed by atoms with Crippen LogP contribution in [0.1, 0.15) is 47.5 Å². The molecule has 3 aromatic rings. The zero-order chi connectivity index (χ0) is 22.9. The number of nitrogens with one attached hydrogen (secondary N) is 2. The fourth-order valence-corrected chi connectivity index (χ4v) is 4.40. The number of amides is 1. The Morgan fingerprint density at radius 3 is 2.76 bits per heavy atom. The molecule has 174 valence electrons. The number of carbonyl (C=O) groups excluding carboxylic acids is 1. The van der Waals surface area contributed by atoms with Gasteiger partial charge in [0, 0.05) is 24.3 Å². The van der Waals surface area contributed by atoms with Gasteiger partial charge in [-0.05, 0) is 68.0 Å². The number of carbonyl (C=O) groups is 1. The van der Waals surface area contributed by atoms with Crippen LogP contribution in [0.4, 0.5) is 8.78 Å². The number of rotatable bonds is 7. The molecule has 0 bridgehead atoms. The van der Waals surface area contributed by atoms with Crippen LogP contribution in [0.2, 0.25) is 0 Å². The average Bonchev–Trinajstić information content (AvgIpc) is 3.53. The molecular formula is C24H26F2N4O3. The molecule has 1 atom stereocenters. The van der Waals surface area contributed by atoms with Gasteiger partial charge in [0.15, 0.2) is 0 Å². The second-order valence-corrected chi connectivity index (χ2v) is 8.55. The van der Waals surface area contributed by atoms with Crippen molar-refractivity contribution in [3.63, 3.8) is 0 Å². The molecule has 1 unspecified atom stereocenters. The SMILES string of the molecule is COc1cc(-c2cnc3cc(C4CCCNC4)ccn23)cc(OC(F)F)c1C(=O)NC1CC1. The van der Waals surface area contributed by atoms with Crippen LogP contribution in [-0.4, -0.2) is 48.1 Å². The number of aromatic nitrogens is 2. The van der Waals surface area contributed by atoms with E-state index in [9.17, 15) is 13.6 Å². The number of pyridine rings is 1. The number of halogens is 2. The molecule has 2 fully saturated rings. The lowest BCUT2D eigenvalue weighted by atomic mass is 9.92. The van der Waals surface area contributed by atoms with Crippen LogP contribution < -0.4 is 20.1 Å². The zero-order valence-electron chi connectivity index (χ0n) is 18.3. The normalized spacial score (nSPS) is 18.5. The number of methoxy groups -OCH3 is 1. The third-order valence-corrected chi connectivity index (χ3v) is 6.24. The summed E-state index contributed by atoms with van der Waals surface area (Å²) < 4.78 is 38.5. The smallest absolute Gasteiger partial charge is 0.387 e. The highest BCUT2D eigenvalue weighted by atomic mass is 19.3. The van der Waals surface area contributed by atoms with Crippen LogP contribution in [0.15, 0.2) is 36.7 Å². The number of imidazole rings is 1. The van der Waals surface area contributed by atoms with Gasteiger partial charge in [-0.15, -0.1) is 0 Å². The van der Waals surface area contributed by atoms with Crippen molar-refractivity contribution in [2.75, 3.05) is 20.2 Å². The summed E-state index contributed by atoms with van der Waals surface area (Å²) in [7, 11) is 1.40. The van der Waals surface area contributed by atoms with Crippen LogP contribution in [0.5, 0.6) is 11.5 Å². The molecule has 9 heteroatoms. The van der Waals surface area contributed by atoms with E-state index in [1.54, 1.807) is 12.3 Å². The largest absolute Gasteiger partial charge is 0.496 e. The fraction of sp³-hybridized carbons (Fsp3) is 0.417. The first-order valence-corrected chi connectivity index (χ1v) is 11.2. The Balaban J connectivity index is 1.54. The van der Waals surface area contributed by atoms with Gasteiger partial charge in [-0.25, -0.2) is 4.98 Å². The van der Waals surface area contributed by atoms with Gasteiger partial charge >= 0.3 is 6.61 Å². The highest BCUT2D eigenvalue weighted by Gasteiger charge is 2.29. The second-order valence-electron chi connectivity index (χ2n) is 8.55. The van der Waals surface area contributed by atoms with Crippen LogP contribution in [0.25, 0.3) is 16.9 Å². The maximum atomic E-state index is 13.2. The molecule has 2 N–H and O–H groups in total. The molecule has 0 radical (unpaired) electrons. The molecule has 33 heavy (non-hydrogen) atoms. The van der Waals surface area contributed by atoms with E-state index in [-0.39, 0.29) is 23.1 Å². The van der Waals surface area contributed by atoms with Crippen LogP contribution in [0, 0.1) is 0 Å². The Bertz CT molecular complexity index is 1170. The number of alkyl halides is 2. The lowest BCUT2D eigenvalue weighted by molar-refractivity contribution is -0.0502. The Morgan fingerprint density at radius 2 is 2.06 bits per heavy atom. The molecule has 1 aromatic carbocycles. The summed E-state index contributed by atoms with van der Waals surface area (Å²) in [4.78, 5) is 17.3. The van der Waals surface area contributed by atoms with Crippen molar-refractivity contribution < 1.29 is 23.0 Å². The maximum Gasteiger partial charge on any atom is 0.387 e. The van der Waals surface area contributed by atoms with Crippen LogP contribution in [-0.2, 0) is 0 Å². The van der Waals surface area contributed by atoms with Crippen molar-refractivity contribution in [3.8, 4) is 22.8 Å². The first-order valence-electron chi connectivity index (χ1n) is 11.2. The lowest BCUT2D eigenvalue weighted by Crippen LogP contribution is -2.28. The minimum Gasteiger partial charge on any atom is -0.496 e. The van der Waals surface area contributed by atoms with Gasteiger partial charge in [-0.1, -0.05) is 0 Å². The van der Waals surface area contributed by atoms with Crippen molar-refractivity contribution in [1.82, 2.24) is 20.0 Å². The van der Waals surface area contributed by atoms with Gasteiger partial charge in [-0.2, -0.15) is 8.78 Å². The van der Waals surface area contributed by atoms with E-state index in [2.05, 4.69) is 27.8 Å². The first-order chi connectivity index (χ1) is 16.0. The molecule has 7 nitrogen and oxygen atoms in total. The monoisotopic (exact) mass is 456 g/mol. The van der Waals surface area contributed by atoms with Crippen molar-refractivity contribution >= 4 is 11.6 Å². The highest BCUT2D eigenvalue weighted by Crippen LogP contribution is 2.37. The van der Waals surface area contributed by atoms with Crippen molar-refractivity contribution in [1.29, 1.82) is 0 Å². The summed E-state index contributed by atoms with van der Waals surface area (Å²) in [5.74, 6) is -0.0989. The van der Waals surface area contributed by atoms with Gasteiger partial charge in [-0.3, -0.25) is 9.20 Å². The third kappa shape index (κ3) is 4.50. The summed E-state index contributed by atoms with van der Waals surface area (Å²) in [6.07, 6.45) is 7.64. The number of ether oxygens (including phenoxy) is 2. The number of fused-ring (bicyclic) bond motifs is 1. The quantitative estimate of drug-likeness (QED) is 0.563. The Kier molecular flexibility index (Phi) is 5.88. The van der Waals surface area contributed by atoms with Crippen molar-refractivity contribution in [3.05, 3.63) is 47.8 Å². The first kappa shape index (κ1) is 21.6. The van der Waals surface area contributed by atoms with Gasteiger partial charge in [0.2, 0.25) is 0 Å². The molecule has 0 spiro atoms. The van der Waals surface area contributed by atoms with Crippen molar-refractivity contribution in [2.45, 2.75) is 44.3 Å². The molecule has 2 aliphatic rings. The van der Waals surface area contributed by atoms with Gasteiger partial charge < -0.3 is 20.1 Å². The van der Waals surface area contributed by atoms with Crippen molar-refractivity contribution in [2.24, 2.45) is 0 Å². The van der Waals surface area contributed by atoms with E-state index in [0.29, 0.717) is 17.2 Å². The topological polar surface area (TPSA) is 76.9 Å². The number of piperidine rings is 1. The Labute approximate surface area is 190 Å². The molecule has 1 saturated carbocycles. The van der Waals surface area contributed by atoms with E-state index in [0.717, 1.165) is 44.4 Å². The van der Waals surface area contributed by atoms with E-state index in [1.807, 2.05) is 10.6 Å². The second kappa shape index (κ2) is 8.97. The highest BCUT2D eigenvalue weighted by molar-refractivity contribution is 6.01. The van der Waals surface area contributed by atoms with Crippen LogP contribution in [0.3, 0.4) is 0 Å². The molecule has 1 aliphatic heterocycles. The average molecular weight is 456 g/mol. The summed E-state index contributed by atoms with van der Waals surface area (Å²) in [6, 6.07) is 7.29. The predicted octanol–water partition coefficient (Wildman–Crippen LogP) is 3.97. The number of hydrogen-bond acceptors (Lipinski definition) is 5. The summed E-state index contributed by atoms with van der Waals surface area (Å²) in [5, 5.41) is 6.24. The van der Waals surface area contributed by atoms with Gasteiger partial charge in [0.1, 0.15) is 22.7 Å². The predicted molar refractivity (Wildman–Crippen MR) is 119 cm³/mol. The maximum absolute atomic E-state index is 13.2. The van der Waals surface area contributed by atoms with Gasteiger partial charge in [0.05, 0.1) is 19.0 Å². The molecule has 2 aromatic heterocycles. The summed E-state index contributed by atoms with van der Waals surface area (Å²) in [6.45, 7) is -1.09. The number of hydrogen-bond donors (Lipinski definition) is 2. The Hall–Kier alpha value is -3.20. The molecule has 1 saturated heterocycles. The molecule has 3 heterocycles. The fourth-order valence-electron chi connectivity index (χ4n) is 4.40. The van der Waals surface area contributed by atoms with E-state index < -0.39 is 12.5 Å².